The molecule has 19 heavy (non-hydrogen) atoms. The van der Waals surface area contributed by atoms with Crippen molar-refractivity contribution in [2.75, 3.05) is 19.7 Å². The summed E-state index contributed by atoms with van der Waals surface area (Å²) in [7, 11) is 0. The number of Topliss-reactive ketones (excluding diaryl/α,β-unsaturated/α-hetero) is 1. The Labute approximate surface area is 115 Å². The van der Waals surface area contributed by atoms with Gasteiger partial charge in [0, 0.05) is 18.2 Å². The predicted octanol–water partition coefficient (Wildman–Crippen LogP) is 2.60. The molecule has 0 amide bonds. The number of carbonyl (C=O) groups is 1. The summed E-state index contributed by atoms with van der Waals surface area (Å²) in [6.07, 6.45) is 0.211. The molecule has 2 atom stereocenters. The van der Waals surface area contributed by atoms with Crippen molar-refractivity contribution in [3.05, 3.63) is 34.9 Å². The first-order chi connectivity index (χ1) is 8.97. The van der Waals surface area contributed by atoms with Crippen LogP contribution < -0.4 is 0 Å². The SMILES string of the molecule is Cc1ccc(C)c(C(=O)CN2CC(C)OCC2C)c1. The molecule has 3 nitrogen and oxygen atoms in total. The van der Waals surface area contributed by atoms with E-state index in [-0.39, 0.29) is 11.9 Å². The smallest absolute Gasteiger partial charge is 0.177 e. The Morgan fingerprint density at radius 2 is 2.11 bits per heavy atom. The zero-order valence-corrected chi connectivity index (χ0v) is 12.3. The van der Waals surface area contributed by atoms with Gasteiger partial charge in [-0.2, -0.15) is 0 Å². The number of morpholine rings is 1. The highest BCUT2D eigenvalue weighted by molar-refractivity contribution is 5.99. The average molecular weight is 261 g/mol. The van der Waals surface area contributed by atoms with Crippen molar-refractivity contribution < 1.29 is 9.53 Å². The van der Waals surface area contributed by atoms with Gasteiger partial charge in [0.05, 0.1) is 19.3 Å². The Hall–Kier alpha value is -1.19. The van der Waals surface area contributed by atoms with Crippen molar-refractivity contribution in [3.8, 4) is 0 Å². The number of ketones is 1. The zero-order chi connectivity index (χ0) is 14.0. The highest BCUT2D eigenvalue weighted by Gasteiger charge is 2.25. The number of ether oxygens (including phenoxy) is 1. The van der Waals surface area contributed by atoms with Crippen LogP contribution in [0.25, 0.3) is 0 Å². The van der Waals surface area contributed by atoms with Crippen molar-refractivity contribution in [1.82, 2.24) is 4.90 Å². The molecule has 0 aromatic heterocycles. The minimum Gasteiger partial charge on any atom is -0.376 e. The Morgan fingerprint density at radius 1 is 1.37 bits per heavy atom. The molecule has 2 unspecified atom stereocenters. The quantitative estimate of drug-likeness (QED) is 0.783. The van der Waals surface area contributed by atoms with Gasteiger partial charge in [-0.3, -0.25) is 9.69 Å². The minimum absolute atomic E-state index is 0.210. The van der Waals surface area contributed by atoms with Crippen LogP contribution in [0.15, 0.2) is 18.2 Å². The van der Waals surface area contributed by atoms with E-state index in [9.17, 15) is 4.79 Å². The van der Waals surface area contributed by atoms with E-state index >= 15 is 0 Å². The highest BCUT2D eigenvalue weighted by Crippen LogP contribution is 2.15. The zero-order valence-electron chi connectivity index (χ0n) is 12.3. The molecule has 1 fully saturated rings. The summed E-state index contributed by atoms with van der Waals surface area (Å²) in [4.78, 5) is 14.7. The molecule has 0 spiro atoms. The third kappa shape index (κ3) is 3.43. The molecule has 0 N–H and O–H groups in total. The Balaban J connectivity index is 2.10. The topological polar surface area (TPSA) is 29.5 Å². The first kappa shape index (κ1) is 14.2. The lowest BCUT2D eigenvalue weighted by atomic mass is 10.0. The number of hydrogen-bond donors (Lipinski definition) is 0. The second-order valence-corrected chi connectivity index (χ2v) is 5.66. The van der Waals surface area contributed by atoms with Gasteiger partial charge >= 0.3 is 0 Å². The second-order valence-electron chi connectivity index (χ2n) is 5.66. The monoisotopic (exact) mass is 261 g/mol. The number of hydrogen-bond acceptors (Lipinski definition) is 3. The van der Waals surface area contributed by atoms with Crippen LogP contribution in [0.4, 0.5) is 0 Å². The third-order valence-electron chi connectivity index (χ3n) is 3.78. The first-order valence-electron chi connectivity index (χ1n) is 6.93. The molecular formula is C16H23NO2. The summed E-state index contributed by atoms with van der Waals surface area (Å²) in [5, 5.41) is 0. The maximum atomic E-state index is 12.5. The summed E-state index contributed by atoms with van der Waals surface area (Å²) in [5.41, 5.74) is 3.05. The van der Waals surface area contributed by atoms with E-state index < -0.39 is 0 Å². The van der Waals surface area contributed by atoms with Gasteiger partial charge in [0.1, 0.15) is 0 Å². The minimum atomic E-state index is 0.210. The molecule has 1 aliphatic rings. The number of nitrogens with zero attached hydrogens (tertiary/aromatic N) is 1. The number of benzene rings is 1. The van der Waals surface area contributed by atoms with Crippen LogP contribution in [0.3, 0.4) is 0 Å². The lowest BCUT2D eigenvalue weighted by Crippen LogP contribution is -2.49. The van der Waals surface area contributed by atoms with Gasteiger partial charge in [-0.25, -0.2) is 0 Å². The van der Waals surface area contributed by atoms with Crippen LogP contribution in [0.2, 0.25) is 0 Å². The van der Waals surface area contributed by atoms with Crippen LogP contribution in [0.5, 0.6) is 0 Å². The van der Waals surface area contributed by atoms with Gasteiger partial charge in [0.2, 0.25) is 0 Å². The lowest BCUT2D eigenvalue weighted by Gasteiger charge is -2.36. The van der Waals surface area contributed by atoms with Crippen molar-refractivity contribution in [2.24, 2.45) is 0 Å². The lowest BCUT2D eigenvalue weighted by molar-refractivity contribution is -0.0460. The fourth-order valence-corrected chi connectivity index (χ4v) is 2.50. The molecule has 1 aromatic rings. The number of rotatable bonds is 3. The predicted molar refractivity (Wildman–Crippen MR) is 76.7 cm³/mol. The van der Waals surface area contributed by atoms with E-state index in [1.807, 2.05) is 32.0 Å². The molecule has 1 saturated heterocycles. The summed E-state index contributed by atoms with van der Waals surface area (Å²) in [6, 6.07) is 6.37. The van der Waals surface area contributed by atoms with E-state index in [1.165, 1.54) is 0 Å². The van der Waals surface area contributed by atoms with Gasteiger partial charge in [-0.1, -0.05) is 17.7 Å². The van der Waals surface area contributed by atoms with Crippen molar-refractivity contribution in [3.63, 3.8) is 0 Å². The Kier molecular flexibility index (Phi) is 4.38. The molecule has 0 saturated carbocycles. The Bertz CT molecular complexity index is 470. The summed E-state index contributed by atoms with van der Waals surface area (Å²) < 4.78 is 5.60. The molecule has 1 aliphatic heterocycles. The largest absolute Gasteiger partial charge is 0.376 e. The van der Waals surface area contributed by atoms with Crippen LogP contribution in [-0.2, 0) is 4.74 Å². The molecule has 0 radical (unpaired) electrons. The number of carbonyl (C=O) groups excluding carboxylic acids is 1. The van der Waals surface area contributed by atoms with E-state index in [0.29, 0.717) is 19.2 Å². The summed E-state index contributed by atoms with van der Waals surface area (Å²) in [6.45, 7) is 10.2. The van der Waals surface area contributed by atoms with Crippen LogP contribution in [0, 0.1) is 13.8 Å². The summed E-state index contributed by atoms with van der Waals surface area (Å²) >= 11 is 0. The molecule has 3 heteroatoms. The van der Waals surface area contributed by atoms with Crippen molar-refractivity contribution >= 4 is 5.78 Å². The van der Waals surface area contributed by atoms with Crippen LogP contribution in [-0.4, -0.2) is 42.5 Å². The van der Waals surface area contributed by atoms with E-state index in [2.05, 4.69) is 18.7 Å². The van der Waals surface area contributed by atoms with Crippen LogP contribution in [0.1, 0.15) is 35.3 Å². The Morgan fingerprint density at radius 3 is 2.84 bits per heavy atom. The standard InChI is InChI=1S/C16H23NO2/c1-11-5-6-12(2)15(7-11)16(18)9-17-8-14(4)19-10-13(17)3/h5-7,13-14H,8-10H2,1-4H3. The third-order valence-corrected chi connectivity index (χ3v) is 3.78. The van der Waals surface area contributed by atoms with Gasteiger partial charge in [0.15, 0.2) is 5.78 Å². The second kappa shape index (κ2) is 5.85. The molecular weight excluding hydrogens is 238 g/mol. The van der Waals surface area contributed by atoms with E-state index in [1.54, 1.807) is 0 Å². The van der Waals surface area contributed by atoms with Gasteiger partial charge in [-0.15, -0.1) is 0 Å². The molecule has 0 bridgehead atoms. The van der Waals surface area contributed by atoms with Crippen molar-refractivity contribution in [2.45, 2.75) is 39.8 Å². The van der Waals surface area contributed by atoms with Crippen molar-refractivity contribution in [1.29, 1.82) is 0 Å². The first-order valence-corrected chi connectivity index (χ1v) is 6.93. The number of aryl methyl sites for hydroxylation is 2. The molecule has 104 valence electrons. The maximum Gasteiger partial charge on any atom is 0.177 e. The normalized spacial score (nSPS) is 24.4. The van der Waals surface area contributed by atoms with Gasteiger partial charge < -0.3 is 4.74 Å². The van der Waals surface area contributed by atoms with Gasteiger partial charge in [-0.05, 0) is 39.3 Å². The molecule has 0 aliphatic carbocycles. The molecule has 2 rings (SSSR count). The maximum absolute atomic E-state index is 12.5. The fraction of sp³-hybridized carbons (Fsp3) is 0.562. The molecule has 1 heterocycles. The summed E-state index contributed by atoms with van der Waals surface area (Å²) in [5.74, 6) is 0.210. The highest BCUT2D eigenvalue weighted by atomic mass is 16.5. The van der Waals surface area contributed by atoms with E-state index in [4.69, 9.17) is 4.74 Å². The van der Waals surface area contributed by atoms with Crippen LogP contribution >= 0.6 is 0 Å². The van der Waals surface area contributed by atoms with Gasteiger partial charge in [0.25, 0.3) is 0 Å². The fourth-order valence-electron chi connectivity index (χ4n) is 2.50. The molecule has 1 aromatic carbocycles. The average Bonchev–Trinajstić information content (AvgIpc) is 2.36. The van der Waals surface area contributed by atoms with E-state index in [0.717, 1.165) is 23.2 Å².